The Morgan fingerprint density at radius 1 is 1.03 bits per heavy atom. The topological polar surface area (TPSA) is 112 Å². The van der Waals surface area contributed by atoms with Crippen LogP contribution in [0.25, 0.3) is 0 Å². The Morgan fingerprint density at radius 3 is 2.41 bits per heavy atom. The molecule has 0 aromatic rings. The molecule has 0 aromatic carbocycles. The summed E-state index contributed by atoms with van der Waals surface area (Å²) in [6, 6.07) is -0.226. The van der Waals surface area contributed by atoms with E-state index in [1.165, 1.54) is 0 Å². The summed E-state index contributed by atoms with van der Waals surface area (Å²) in [5.74, 6) is -1.47. The van der Waals surface area contributed by atoms with Crippen molar-refractivity contribution in [1.82, 2.24) is 4.90 Å². The third kappa shape index (κ3) is 2.03. The van der Waals surface area contributed by atoms with Crippen molar-refractivity contribution >= 4 is 0 Å². The molecule has 1 aliphatic heterocycles. The minimum atomic E-state index is -1.41. The van der Waals surface area contributed by atoms with Gasteiger partial charge >= 0.3 is 0 Å². The molecule has 4 N–H and O–H groups in total. The number of hydrogen-bond acceptors (Lipinski definition) is 8. The van der Waals surface area contributed by atoms with E-state index < -0.39 is 34.7 Å². The van der Waals surface area contributed by atoms with Gasteiger partial charge in [-0.1, -0.05) is 6.92 Å². The van der Waals surface area contributed by atoms with Crippen LogP contribution >= 0.6 is 0 Å². The van der Waals surface area contributed by atoms with Gasteiger partial charge in [0.2, 0.25) is 0 Å². The number of rotatable bonds is 5. The highest BCUT2D eigenvalue weighted by Crippen LogP contribution is 2.80. The molecule has 8 heteroatoms. The smallest absolute Gasteiger partial charge is 0.0832 e. The first-order chi connectivity index (χ1) is 15.2. The van der Waals surface area contributed by atoms with Gasteiger partial charge in [0.05, 0.1) is 42.2 Å². The van der Waals surface area contributed by atoms with Crippen molar-refractivity contribution in [3.05, 3.63) is 0 Å². The Labute approximate surface area is 189 Å². The fraction of sp³-hybridized carbons (Fsp3) is 1.00. The number of fused-ring (bicyclic) bond motifs is 2. The lowest BCUT2D eigenvalue weighted by molar-refractivity contribution is -0.325. The van der Waals surface area contributed by atoms with Crippen LogP contribution in [0.1, 0.15) is 32.6 Å². The summed E-state index contributed by atoms with van der Waals surface area (Å²) >= 11 is 0. The molecule has 5 saturated carbocycles. The molecule has 8 nitrogen and oxygen atoms in total. The van der Waals surface area contributed by atoms with Gasteiger partial charge in [0.25, 0.3) is 0 Å². The second-order valence-electron chi connectivity index (χ2n) is 11.7. The van der Waals surface area contributed by atoms with Gasteiger partial charge in [0.1, 0.15) is 0 Å². The van der Waals surface area contributed by atoms with E-state index in [-0.39, 0.29) is 41.4 Å². The fourth-order valence-electron chi connectivity index (χ4n) is 10.7. The number of likely N-dealkylation sites (tertiary alicyclic amines) is 1. The zero-order valence-electron chi connectivity index (χ0n) is 19.6. The quantitative estimate of drug-likeness (QED) is 0.446. The van der Waals surface area contributed by atoms with Crippen LogP contribution in [-0.4, -0.2) is 108 Å². The van der Waals surface area contributed by atoms with E-state index >= 15 is 0 Å². The van der Waals surface area contributed by atoms with E-state index in [1.807, 2.05) is 0 Å². The number of nitrogens with zero attached hydrogens (tertiary/aromatic N) is 1. The zero-order valence-corrected chi connectivity index (χ0v) is 19.6. The molecule has 6 fully saturated rings. The molecule has 1 saturated heterocycles. The lowest BCUT2D eigenvalue weighted by Gasteiger charge is -2.71. The highest BCUT2D eigenvalue weighted by molar-refractivity contribution is 5.40. The molecule has 0 radical (unpaired) electrons. The average molecular weight is 454 g/mol. The Balaban J connectivity index is 1.67. The first-order valence-corrected chi connectivity index (χ1v) is 12.3. The van der Waals surface area contributed by atoms with Crippen molar-refractivity contribution in [2.45, 2.75) is 74.3 Å². The monoisotopic (exact) mass is 453 g/mol. The Hall–Kier alpha value is -0.320. The minimum Gasteiger partial charge on any atom is -0.392 e. The highest BCUT2D eigenvalue weighted by Gasteiger charge is 2.90. The minimum absolute atomic E-state index is 0.159. The van der Waals surface area contributed by atoms with Crippen molar-refractivity contribution in [2.24, 2.45) is 34.5 Å². The SMILES string of the molecule is CCN1CC2(COC)CCC(O)C34C1C(C(OC)C23)C1(O)CC(OC)C2CC4(O)C1C2O. The van der Waals surface area contributed by atoms with Gasteiger partial charge in [-0.15, -0.1) is 0 Å². The number of hydrogen-bond donors (Lipinski definition) is 4. The molecule has 1 spiro atoms. The molecule has 6 rings (SSSR count). The predicted octanol–water partition coefficient (Wildman–Crippen LogP) is -0.383. The predicted molar refractivity (Wildman–Crippen MR) is 114 cm³/mol. The van der Waals surface area contributed by atoms with Gasteiger partial charge in [-0.05, 0) is 25.8 Å². The van der Waals surface area contributed by atoms with Crippen molar-refractivity contribution in [1.29, 1.82) is 0 Å². The standard InChI is InChI=1S/C24H39NO7/c1-5-25-10-21(11-30-2)7-6-14(26)24-19(21)17(32-4)15(20(24)25)22(28)9-13(31-3)12-8-23(24,29)18(22)16(12)27/h12-20,26-29H,5-11H2,1-4H3. The molecule has 6 aliphatic rings. The second-order valence-corrected chi connectivity index (χ2v) is 11.7. The molecule has 7 bridgehead atoms. The van der Waals surface area contributed by atoms with Gasteiger partial charge in [0.15, 0.2) is 0 Å². The molecule has 0 aromatic heterocycles. The maximum Gasteiger partial charge on any atom is 0.0832 e. The van der Waals surface area contributed by atoms with E-state index in [1.54, 1.807) is 21.3 Å². The summed E-state index contributed by atoms with van der Waals surface area (Å²) in [5.41, 5.74) is -3.93. The summed E-state index contributed by atoms with van der Waals surface area (Å²) in [7, 11) is 5.02. The maximum atomic E-state index is 12.8. The van der Waals surface area contributed by atoms with Crippen LogP contribution in [0.3, 0.4) is 0 Å². The first kappa shape index (κ1) is 22.2. The average Bonchev–Trinajstić information content (AvgIpc) is 3.15. The lowest BCUT2D eigenvalue weighted by atomic mass is 9.41. The van der Waals surface area contributed by atoms with Crippen LogP contribution in [0, 0.1) is 34.5 Å². The first-order valence-electron chi connectivity index (χ1n) is 12.3. The summed E-state index contributed by atoms with van der Waals surface area (Å²) in [4.78, 5) is 2.37. The molecular weight excluding hydrogens is 414 g/mol. The van der Waals surface area contributed by atoms with Crippen LogP contribution in [-0.2, 0) is 14.2 Å². The largest absolute Gasteiger partial charge is 0.392 e. The van der Waals surface area contributed by atoms with E-state index in [2.05, 4.69) is 11.8 Å². The van der Waals surface area contributed by atoms with E-state index in [0.29, 0.717) is 25.9 Å². The van der Waals surface area contributed by atoms with E-state index in [4.69, 9.17) is 14.2 Å². The van der Waals surface area contributed by atoms with Crippen molar-refractivity contribution < 1.29 is 34.6 Å². The molecule has 0 amide bonds. The van der Waals surface area contributed by atoms with Crippen LogP contribution in [0.5, 0.6) is 0 Å². The van der Waals surface area contributed by atoms with Gasteiger partial charge in [-0.2, -0.15) is 0 Å². The fourth-order valence-corrected chi connectivity index (χ4v) is 10.7. The maximum absolute atomic E-state index is 12.8. The highest BCUT2D eigenvalue weighted by atomic mass is 16.5. The summed E-state index contributed by atoms with van der Waals surface area (Å²) in [5, 5.41) is 48.5. The van der Waals surface area contributed by atoms with Gasteiger partial charge in [0, 0.05) is 74.8 Å². The van der Waals surface area contributed by atoms with Gasteiger partial charge in [-0.25, -0.2) is 0 Å². The Bertz CT molecular complexity index is 798. The number of ether oxygens (including phenoxy) is 3. The summed E-state index contributed by atoms with van der Waals surface area (Å²) in [6.45, 7) is 4.18. The van der Waals surface area contributed by atoms with Crippen LogP contribution in [0.2, 0.25) is 0 Å². The van der Waals surface area contributed by atoms with Crippen LogP contribution in [0.15, 0.2) is 0 Å². The molecular formula is C24H39NO7. The summed E-state index contributed by atoms with van der Waals surface area (Å²) in [6.07, 6.45) is -0.229. The number of aliphatic hydroxyl groups excluding tert-OH is 2. The van der Waals surface area contributed by atoms with Crippen LogP contribution in [0.4, 0.5) is 0 Å². The zero-order chi connectivity index (χ0) is 22.8. The van der Waals surface area contributed by atoms with Gasteiger partial charge in [-0.3, -0.25) is 4.90 Å². The lowest BCUT2D eigenvalue weighted by Crippen LogP contribution is -2.82. The van der Waals surface area contributed by atoms with E-state index in [0.717, 1.165) is 19.5 Å². The number of aliphatic hydroxyl groups is 4. The normalized spacial score (nSPS) is 62.4. The molecule has 13 atom stereocenters. The van der Waals surface area contributed by atoms with Crippen molar-refractivity contribution in [2.75, 3.05) is 41.0 Å². The third-order valence-electron chi connectivity index (χ3n) is 11.2. The van der Waals surface area contributed by atoms with E-state index in [9.17, 15) is 20.4 Å². The molecule has 13 unspecified atom stereocenters. The Morgan fingerprint density at radius 2 is 1.78 bits per heavy atom. The molecule has 32 heavy (non-hydrogen) atoms. The summed E-state index contributed by atoms with van der Waals surface area (Å²) < 4.78 is 17.8. The number of methoxy groups -OCH3 is 3. The third-order valence-corrected chi connectivity index (χ3v) is 11.2. The van der Waals surface area contributed by atoms with Crippen LogP contribution < -0.4 is 0 Å². The van der Waals surface area contributed by atoms with Crippen molar-refractivity contribution in [3.8, 4) is 0 Å². The molecule has 1 heterocycles. The van der Waals surface area contributed by atoms with Gasteiger partial charge < -0.3 is 34.6 Å². The Kier molecular flexibility index (Phi) is 4.62. The second kappa shape index (κ2) is 6.66. The number of piperidine rings is 1. The molecule has 5 aliphatic carbocycles. The van der Waals surface area contributed by atoms with Crippen molar-refractivity contribution in [3.63, 3.8) is 0 Å². The molecule has 182 valence electrons.